The number of likely N-dealkylation sites (tertiary alicyclic amines) is 1. The summed E-state index contributed by atoms with van der Waals surface area (Å²) in [5.41, 5.74) is 0.804. The van der Waals surface area contributed by atoms with E-state index in [1.165, 1.54) is 0 Å². The highest BCUT2D eigenvalue weighted by Gasteiger charge is 2.22. The van der Waals surface area contributed by atoms with Crippen LogP contribution in [0, 0.1) is 5.92 Å². The lowest BCUT2D eigenvalue weighted by Gasteiger charge is -2.31. The van der Waals surface area contributed by atoms with E-state index in [-0.39, 0.29) is 30.5 Å². The molecule has 1 saturated heterocycles. The van der Waals surface area contributed by atoms with E-state index >= 15 is 0 Å². The third-order valence-corrected chi connectivity index (χ3v) is 4.27. The molecule has 0 aromatic heterocycles. The first kappa shape index (κ1) is 19.2. The number of amides is 3. The smallest absolute Gasteiger partial charge is 0.315 e. The minimum absolute atomic E-state index is 0.0201. The van der Waals surface area contributed by atoms with Crippen molar-refractivity contribution in [2.75, 3.05) is 38.1 Å². The maximum absolute atomic E-state index is 12.1. The Morgan fingerprint density at radius 2 is 1.92 bits per heavy atom. The second-order valence-corrected chi connectivity index (χ2v) is 6.61. The van der Waals surface area contributed by atoms with Crippen LogP contribution in [-0.4, -0.2) is 60.8 Å². The summed E-state index contributed by atoms with van der Waals surface area (Å²) in [4.78, 5) is 26.0. The highest BCUT2D eigenvalue weighted by Crippen LogP contribution is 2.11. The number of nitrogens with one attached hydrogen (secondary N) is 3. The Hall–Kier alpha value is -2.12. The van der Waals surface area contributed by atoms with E-state index in [1.54, 1.807) is 0 Å². The standard InChI is InChI=1S/C18H28N4O3/c1-14(13-23)11-19-18(25)21-16-7-9-22(10-8-16)12-17(24)20-15-5-3-2-4-6-15/h2-6,14,16,23H,7-13H2,1H3,(H,20,24)(H2,19,21,25). The van der Waals surface area contributed by atoms with Gasteiger partial charge in [0.2, 0.25) is 5.91 Å². The van der Waals surface area contributed by atoms with E-state index in [9.17, 15) is 9.59 Å². The summed E-state index contributed by atoms with van der Waals surface area (Å²) in [7, 11) is 0. The van der Waals surface area contributed by atoms with Crippen molar-refractivity contribution in [3.63, 3.8) is 0 Å². The van der Waals surface area contributed by atoms with Gasteiger partial charge in [-0.25, -0.2) is 4.79 Å². The monoisotopic (exact) mass is 348 g/mol. The molecular weight excluding hydrogens is 320 g/mol. The van der Waals surface area contributed by atoms with E-state index in [1.807, 2.05) is 37.3 Å². The summed E-state index contributed by atoms with van der Waals surface area (Å²) in [6, 6.07) is 9.35. The van der Waals surface area contributed by atoms with Gasteiger partial charge in [0.05, 0.1) is 6.54 Å². The van der Waals surface area contributed by atoms with Crippen molar-refractivity contribution < 1.29 is 14.7 Å². The van der Waals surface area contributed by atoms with Crippen LogP contribution < -0.4 is 16.0 Å². The average molecular weight is 348 g/mol. The lowest BCUT2D eigenvalue weighted by Crippen LogP contribution is -2.49. The third kappa shape index (κ3) is 7.11. The normalized spacial score (nSPS) is 16.9. The molecule has 1 aliphatic heterocycles. The highest BCUT2D eigenvalue weighted by molar-refractivity contribution is 5.92. The summed E-state index contributed by atoms with van der Waals surface area (Å²) in [5.74, 6) is 0.0315. The summed E-state index contributed by atoms with van der Waals surface area (Å²) >= 11 is 0. The molecule has 1 aromatic rings. The Bertz CT molecular complexity index is 545. The summed E-state index contributed by atoms with van der Waals surface area (Å²) in [6.45, 7) is 4.31. The fourth-order valence-electron chi connectivity index (χ4n) is 2.73. The molecule has 1 fully saturated rings. The number of nitrogens with zero attached hydrogens (tertiary/aromatic N) is 1. The van der Waals surface area contributed by atoms with Gasteiger partial charge in [0, 0.05) is 38.0 Å². The number of benzene rings is 1. The average Bonchev–Trinajstić information content (AvgIpc) is 2.62. The van der Waals surface area contributed by atoms with Crippen LogP contribution in [0.15, 0.2) is 30.3 Å². The van der Waals surface area contributed by atoms with Crippen LogP contribution >= 0.6 is 0 Å². The van der Waals surface area contributed by atoms with Gasteiger partial charge in [0.25, 0.3) is 0 Å². The van der Waals surface area contributed by atoms with Crippen molar-refractivity contribution in [2.24, 2.45) is 5.92 Å². The predicted molar refractivity (Wildman–Crippen MR) is 97.3 cm³/mol. The largest absolute Gasteiger partial charge is 0.396 e. The number of urea groups is 1. The molecule has 0 saturated carbocycles. The molecule has 1 heterocycles. The SMILES string of the molecule is CC(CO)CNC(=O)NC1CCN(CC(=O)Nc2ccccc2)CC1. The molecule has 1 aromatic carbocycles. The quantitative estimate of drug-likeness (QED) is 0.592. The number of rotatable bonds is 7. The molecule has 0 aliphatic carbocycles. The van der Waals surface area contributed by atoms with Gasteiger partial charge in [0.15, 0.2) is 0 Å². The number of para-hydroxylation sites is 1. The van der Waals surface area contributed by atoms with Crippen LogP contribution in [0.1, 0.15) is 19.8 Å². The Kier molecular flexibility index (Phi) is 7.69. The van der Waals surface area contributed by atoms with Gasteiger partial charge in [-0.2, -0.15) is 0 Å². The number of aliphatic hydroxyl groups excluding tert-OH is 1. The molecule has 1 unspecified atom stereocenters. The molecular formula is C18H28N4O3. The molecule has 138 valence electrons. The molecule has 25 heavy (non-hydrogen) atoms. The molecule has 1 aliphatic rings. The maximum atomic E-state index is 12.1. The predicted octanol–water partition coefficient (Wildman–Crippen LogP) is 1.02. The fraction of sp³-hybridized carbons (Fsp3) is 0.556. The van der Waals surface area contributed by atoms with Gasteiger partial charge >= 0.3 is 6.03 Å². The van der Waals surface area contributed by atoms with E-state index in [2.05, 4.69) is 20.9 Å². The lowest BCUT2D eigenvalue weighted by atomic mass is 10.1. The number of piperidine rings is 1. The van der Waals surface area contributed by atoms with Gasteiger partial charge < -0.3 is 21.1 Å². The van der Waals surface area contributed by atoms with Gasteiger partial charge in [-0.1, -0.05) is 25.1 Å². The highest BCUT2D eigenvalue weighted by atomic mass is 16.3. The zero-order chi connectivity index (χ0) is 18.1. The number of anilines is 1. The molecule has 0 spiro atoms. The van der Waals surface area contributed by atoms with E-state index in [0.717, 1.165) is 31.6 Å². The van der Waals surface area contributed by atoms with Crippen molar-refractivity contribution in [1.29, 1.82) is 0 Å². The van der Waals surface area contributed by atoms with Crippen molar-refractivity contribution in [3.8, 4) is 0 Å². The molecule has 3 amide bonds. The zero-order valence-corrected chi connectivity index (χ0v) is 14.7. The number of hydrogen-bond donors (Lipinski definition) is 4. The zero-order valence-electron chi connectivity index (χ0n) is 14.7. The molecule has 0 bridgehead atoms. The summed E-state index contributed by atoms with van der Waals surface area (Å²) < 4.78 is 0. The Labute approximate surface area is 148 Å². The first-order valence-electron chi connectivity index (χ1n) is 8.79. The van der Waals surface area contributed by atoms with Crippen molar-refractivity contribution in [2.45, 2.75) is 25.8 Å². The van der Waals surface area contributed by atoms with E-state index in [0.29, 0.717) is 13.1 Å². The van der Waals surface area contributed by atoms with Gasteiger partial charge in [-0.3, -0.25) is 9.69 Å². The summed E-state index contributed by atoms with van der Waals surface area (Å²) in [5, 5.41) is 17.6. The molecule has 7 heteroatoms. The minimum Gasteiger partial charge on any atom is -0.396 e. The van der Waals surface area contributed by atoms with Crippen LogP contribution in [-0.2, 0) is 4.79 Å². The van der Waals surface area contributed by atoms with Crippen molar-refractivity contribution in [1.82, 2.24) is 15.5 Å². The molecule has 4 N–H and O–H groups in total. The second kappa shape index (κ2) is 10.0. The minimum atomic E-state index is -0.194. The lowest BCUT2D eigenvalue weighted by molar-refractivity contribution is -0.117. The summed E-state index contributed by atoms with van der Waals surface area (Å²) in [6.07, 6.45) is 1.64. The van der Waals surface area contributed by atoms with Gasteiger partial charge in [0.1, 0.15) is 0 Å². The number of carbonyl (C=O) groups is 2. The first-order chi connectivity index (χ1) is 12.1. The van der Waals surface area contributed by atoms with Crippen LogP contribution in [0.2, 0.25) is 0 Å². The number of aliphatic hydroxyl groups is 1. The maximum Gasteiger partial charge on any atom is 0.315 e. The molecule has 0 radical (unpaired) electrons. The van der Waals surface area contributed by atoms with Gasteiger partial charge in [-0.15, -0.1) is 0 Å². The Morgan fingerprint density at radius 1 is 1.24 bits per heavy atom. The second-order valence-electron chi connectivity index (χ2n) is 6.61. The van der Waals surface area contributed by atoms with E-state index < -0.39 is 0 Å². The molecule has 1 atom stereocenters. The third-order valence-electron chi connectivity index (χ3n) is 4.27. The van der Waals surface area contributed by atoms with E-state index in [4.69, 9.17) is 5.11 Å². The number of carbonyl (C=O) groups excluding carboxylic acids is 2. The van der Waals surface area contributed by atoms with Crippen LogP contribution in [0.5, 0.6) is 0 Å². The van der Waals surface area contributed by atoms with Crippen molar-refractivity contribution >= 4 is 17.6 Å². The van der Waals surface area contributed by atoms with Crippen LogP contribution in [0.3, 0.4) is 0 Å². The van der Waals surface area contributed by atoms with Crippen LogP contribution in [0.25, 0.3) is 0 Å². The Balaban J connectivity index is 1.64. The van der Waals surface area contributed by atoms with Crippen molar-refractivity contribution in [3.05, 3.63) is 30.3 Å². The molecule has 7 nitrogen and oxygen atoms in total. The van der Waals surface area contributed by atoms with Gasteiger partial charge in [-0.05, 0) is 30.9 Å². The molecule has 2 rings (SSSR count). The first-order valence-corrected chi connectivity index (χ1v) is 8.79. The fourth-order valence-corrected chi connectivity index (χ4v) is 2.73. The number of hydrogen-bond acceptors (Lipinski definition) is 4. The topological polar surface area (TPSA) is 93.7 Å². The Morgan fingerprint density at radius 3 is 2.56 bits per heavy atom. The van der Waals surface area contributed by atoms with Crippen LogP contribution in [0.4, 0.5) is 10.5 Å².